The number of nitrogens with one attached hydrogen (secondary N) is 1. The van der Waals surface area contributed by atoms with Gasteiger partial charge in [-0.15, -0.1) is 0 Å². The summed E-state index contributed by atoms with van der Waals surface area (Å²) >= 11 is 0. The molecule has 0 bridgehead atoms. The Morgan fingerprint density at radius 3 is 2.32 bits per heavy atom. The van der Waals surface area contributed by atoms with Crippen molar-refractivity contribution in [2.45, 2.75) is 78.6 Å². The van der Waals surface area contributed by atoms with E-state index in [0.29, 0.717) is 13.0 Å². The average Bonchev–Trinajstić information content (AvgIpc) is 2.35. The molecule has 114 valence electrons. The fourth-order valence-corrected chi connectivity index (χ4v) is 2.19. The molecule has 0 aromatic carbocycles. The molecule has 0 aliphatic carbocycles. The molecular formula is C16H34N2O. The van der Waals surface area contributed by atoms with Crippen molar-refractivity contribution in [3.8, 4) is 0 Å². The summed E-state index contributed by atoms with van der Waals surface area (Å²) in [6, 6.07) is 0. The zero-order valence-electron chi connectivity index (χ0n) is 13.3. The van der Waals surface area contributed by atoms with E-state index in [0.717, 1.165) is 25.8 Å². The lowest BCUT2D eigenvalue weighted by molar-refractivity contribution is -0.121. The van der Waals surface area contributed by atoms with Gasteiger partial charge < -0.3 is 11.1 Å². The lowest BCUT2D eigenvalue weighted by Crippen LogP contribution is -2.26. The van der Waals surface area contributed by atoms with Crippen LogP contribution in [0, 0.1) is 5.41 Å². The summed E-state index contributed by atoms with van der Waals surface area (Å²) in [5.41, 5.74) is 5.76. The lowest BCUT2D eigenvalue weighted by Gasteiger charge is -2.23. The van der Waals surface area contributed by atoms with Crippen LogP contribution in [0.25, 0.3) is 0 Å². The highest BCUT2D eigenvalue weighted by molar-refractivity contribution is 5.75. The SMILES string of the molecule is CCCCCCCCNC(=O)CCC(C)(C)CCN. The molecule has 3 N–H and O–H groups in total. The fraction of sp³-hybridized carbons (Fsp3) is 0.938. The van der Waals surface area contributed by atoms with Crippen LogP contribution >= 0.6 is 0 Å². The third kappa shape index (κ3) is 12.2. The Morgan fingerprint density at radius 1 is 1.05 bits per heavy atom. The van der Waals surface area contributed by atoms with Crippen molar-refractivity contribution in [2.24, 2.45) is 11.1 Å². The first kappa shape index (κ1) is 18.4. The minimum Gasteiger partial charge on any atom is -0.356 e. The molecule has 0 aliphatic rings. The molecule has 0 saturated heterocycles. The van der Waals surface area contributed by atoms with Crippen molar-refractivity contribution >= 4 is 5.91 Å². The first-order valence-corrected chi connectivity index (χ1v) is 7.98. The molecule has 0 aromatic rings. The molecule has 0 rings (SSSR count). The van der Waals surface area contributed by atoms with Crippen LogP contribution in [0.4, 0.5) is 0 Å². The van der Waals surface area contributed by atoms with Gasteiger partial charge in [-0.05, 0) is 31.2 Å². The summed E-state index contributed by atoms with van der Waals surface area (Å²) in [6.45, 7) is 8.13. The number of carbonyl (C=O) groups is 1. The maximum Gasteiger partial charge on any atom is 0.220 e. The van der Waals surface area contributed by atoms with Crippen molar-refractivity contribution in [3.63, 3.8) is 0 Å². The topological polar surface area (TPSA) is 55.1 Å². The van der Waals surface area contributed by atoms with E-state index in [2.05, 4.69) is 26.1 Å². The molecule has 19 heavy (non-hydrogen) atoms. The Morgan fingerprint density at radius 2 is 1.68 bits per heavy atom. The quantitative estimate of drug-likeness (QED) is 0.532. The largest absolute Gasteiger partial charge is 0.356 e. The van der Waals surface area contributed by atoms with Gasteiger partial charge in [0.15, 0.2) is 0 Å². The van der Waals surface area contributed by atoms with Gasteiger partial charge in [-0.2, -0.15) is 0 Å². The molecule has 0 aromatic heterocycles. The second-order valence-corrected chi connectivity index (χ2v) is 6.32. The van der Waals surface area contributed by atoms with E-state index in [1.165, 1.54) is 32.1 Å². The minimum atomic E-state index is 0.187. The van der Waals surface area contributed by atoms with Crippen LogP contribution in [0.2, 0.25) is 0 Å². The molecule has 0 atom stereocenters. The first-order chi connectivity index (χ1) is 9.02. The summed E-state index contributed by atoms with van der Waals surface area (Å²) in [5, 5.41) is 3.02. The molecule has 0 fully saturated rings. The molecular weight excluding hydrogens is 236 g/mol. The maximum absolute atomic E-state index is 11.7. The van der Waals surface area contributed by atoms with E-state index in [9.17, 15) is 4.79 Å². The van der Waals surface area contributed by atoms with E-state index in [-0.39, 0.29) is 11.3 Å². The van der Waals surface area contributed by atoms with Gasteiger partial charge in [-0.1, -0.05) is 52.9 Å². The van der Waals surface area contributed by atoms with Gasteiger partial charge in [0.05, 0.1) is 0 Å². The maximum atomic E-state index is 11.7. The molecule has 0 unspecified atom stereocenters. The van der Waals surface area contributed by atoms with Crippen molar-refractivity contribution in [1.82, 2.24) is 5.32 Å². The normalized spacial score (nSPS) is 11.6. The zero-order valence-corrected chi connectivity index (χ0v) is 13.3. The highest BCUT2D eigenvalue weighted by Gasteiger charge is 2.17. The molecule has 0 saturated carbocycles. The van der Waals surface area contributed by atoms with Gasteiger partial charge in [0.1, 0.15) is 0 Å². The number of rotatable bonds is 12. The van der Waals surface area contributed by atoms with Crippen LogP contribution in [0.3, 0.4) is 0 Å². The Labute approximate surface area is 119 Å². The van der Waals surface area contributed by atoms with E-state index < -0.39 is 0 Å². The highest BCUT2D eigenvalue weighted by atomic mass is 16.1. The van der Waals surface area contributed by atoms with Crippen molar-refractivity contribution in [3.05, 3.63) is 0 Å². The number of nitrogens with two attached hydrogens (primary N) is 1. The smallest absolute Gasteiger partial charge is 0.220 e. The third-order valence-corrected chi connectivity index (χ3v) is 3.70. The van der Waals surface area contributed by atoms with Gasteiger partial charge in [-0.25, -0.2) is 0 Å². The van der Waals surface area contributed by atoms with Crippen LogP contribution in [0.1, 0.15) is 78.6 Å². The first-order valence-electron chi connectivity index (χ1n) is 7.98. The van der Waals surface area contributed by atoms with Crippen molar-refractivity contribution in [2.75, 3.05) is 13.1 Å². The standard InChI is InChI=1S/C16H34N2O/c1-4-5-6-7-8-9-14-18-15(19)10-11-16(2,3)12-13-17/h4-14,17H2,1-3H3,(H,18,19). The Hall–Kier alpha value is -0.570. The van der Waals surface area contributed by atoms with Gasteiger partial charge in [0, 0.05) is 13.0 Å². The van der Waals surface area contributed by atoms with Crippen molar-refractivity contribution in [1.29, 1.82) is 0 Å². The predicted octanol–water partition coefficient (Wildman–Crippen LogP) is 3.62. The summed E-state index contributed by atoms with van der Waals surface area (Å²) < 4.78 is 0. The van der Waals surface area contributed by atoms with E-state index in [4.69, 9.17) is 5.73 Å². The molecule has 3 heteroatoms. The lowest BCUT2D eigenvalue weighted by atomic mass is 9.84. The van der Waals surface area contributed by atoms with E-state index in [1.54, 1.807) is 0 Å². The van der Waals surface area contributed by atoms with Crippen LogP contribution in [-0.2, 0) is 4.79 Å². The summed E-state index contributed by atoms with van der Waals surface area (Å²) in [5.74, 6) is 0.193. The zero-order chi connectivity index (χ0) is 14.6. The molecule has 3 nitrogen and oxygen atoms in total. The number of unbranched alkanes of at least 4 members (excludes halogenated alkanes) is 5. The second kappa shape index (κ2) is 11.3. The molecule has 1 amide bonds. The Bertz CT molecular complexity index is 227. The van der Waals surface area contributed by atoms with Gasteiger partial charge >= 0.3 is 0 Å². The number of hydrogen-bond acceptors (Lipinski definition) is 2. The molecule has 0 heterocycles. The number of carbonyl (C=O) groups excluding carboxylic acids is 1. The van der Waals surface area contributed by atoms with Crippen LogP contribution in [0.15, 0.2) is 0 Å². The molecule has 0 spiro atoms. The van der Waals surface area contributed by atoms with Gasteiger partial charge in [0.2, 0.25) is 5.91 Å². The highest BCUT2D eigenvalue weighted by Crippen LogP contribution is 2.25. The fourth-order valence-electron chi connectivity index (χ4n) is 2.19. The van der Waals surface area contributed by atoms with Crippen LogP contribution in [-0.4, -0.2) is 19.0 Å². The Kier molecular flexibility index (Phi) is 10.9. The monoisotopic (exact) mass is 270 g/mol. The van der Waals surface area contributed by atoms with Crippen LogP contribution < -0.4 is 11.1 Å². The van der Waals surface area contributed by atoms with Crippen LogP contribution in [0.5, 0.6) is 0 Å². The third-order valence-electron chi connectivity index (χ3n) is 3.70. The van der Waals surface area contributed by atoms with E-state index >= 15 is 0 Å². The summed E-state index contributed by atoms with van der Waals surface area (Å²) in [6.07, 6.45) is 10.1. The summed E-state index contributed by atoms with van der Waals surface area (Å²) in [4.78, 5) is 11.7. The number of hydrogen-bond donors (Lipinski definition) is 2. The van der Waals surface area contributed by atoms with Crippen molar-refractivity contribution < 1.29 is 4.79 Å². The minimum absolute atomic E-state index is 0.187. The molecule has 0 radical (unpaired) electrons. The number of amides is 1. The van der Waals surface area contributed by atoms with E-state index in [1.807, 2.05) is 0 Å². The molecule has 0 aliphatic heterocycles. The predicted molar refractivity (Wildman–Crippen MR) is 83.1 cm³/mol. The summed E-state index contributed by atoms with van der Waals surface area (Å²) in [7, 11) is 0. The van der Waals surface area contributed by atoms with Gasteiger partial charge in [-0.3, -0.25) is 4.79 Å². The average molecular weight is 270 g/mol. The second-order valence-electron chi connectivity index (χ2n) is 6.32. The Balaban J connectivity index is 3.44. The van der Waals surface area contributed by atoms with Gasteiger partial charge in [0.25, 0.3) is 0 Å².